The largest absolute Gasteiger partial charge is 0.484 e. The Balaban J connectivity index is 1.98. The minimum absolute atomic E-state index is 0.154. The molecule has 0 bridgehead atoms. The third-order valence-electron chi connectivity index (χ3n) is 2.51. The van der Waals surface area contributed by atoms with Crippen LogP contribution in [-0.2, 0) is 12.8 Å². The molecule has 0 fully saturated rings. The van der Waals surface area contributed by atoms with Crippen molar-refractivity contribution in [3.8, 4) is 5.75 Å². The van der Waals surface area contributed by atoms with Gasteiger partial charge in [-0.05, 0) is 17.7 Å². The molecule has 1 aromatic heterocycles. The van der Waals surface area contributed by atoms with E-state index < -0.39 is 12.8 Å². The molecule has 1 N–H and O–H groups in total. The van der Waals surface area contributed by atoms with Crippen molar-refractivity contribution in [3.63, 3.8) is 0 Å². The number of benzene rings is 1. The highest BCUT2D eigenvalue weighted by molar-refractivity contribution is 7.98. The molecule has 1 aromatic carbocycles. The first kappa shape index (κ1) is 15.5. The van der Waals surface area contributed by atoms with E-state index in [0.29, 0.717) is 10.9 Å². The van der Waals surface area contributed by atoms with Crippen LogP contribution in [0.25, 0.3) is 0 Å². The highest BCUT2D eigenvalue weighted by Crippen LogP contribution is 2.23. The second-order valence-electron chi connectivity index (χ2n) is 4.21. The third-order valence-corrected chi connectivity index (χ3v) is 3.61. The molecule has 0 aliphatic rings. The summed E-state index contributed by atoms with van der Waals surface area (Å²) in [6.07, 6.45) is -4.36. The Bertz CT molecular complexity index is 666. The van der Waals surface area contributed by atoms with Gasteiger partial charge in [0.2, 0.25) is 0 Å². The molecule has 0 radical (unpaired) electrons. The van der Waals surface area contributed by atoms with Crippen molar-refractivity contribution < 1.29 is 17.9 Å². The van der Waals surface area contributed by atoms with Gasteiger partial charge < -0.3 is 4.74 Å². The lowest BCUT2D eigenvalue weighted by molar-refractivity contribution is -0.153. The van der Waals surface area contributed by atoms with Crippen LogP contribution in [0.3, 0.4) is 0 Å². The number of aromatic nitrogens is 3. The zero-order valence-electron chi connectivity index (χ0n) is 11.0. The molecule has 21 heavy (non-hydrogen) atoms. The maximum atomic E-state index is 12.1. The van der Waals surface area contributed by atoms with Gasteiger partial charge in [-0.25, -0.2) is 9.89 Å². The van der Waals surface area contributed by atoms with E-state index >= 15 is 0 Å². The maximum absolute atomic E-state index is 12.1. The Morgan fingerprint density at radius 2 is 2.19 bits per heavy atom. The molecule has 0 spiro atoms. The molecule has 9 heteroatoms. The molecule has 0 atom stereocenters. The lowest BCUT2D eigenvalue weighted by Gasteiger charge is -2.10. The van der Waals surface area contributed by atoms with Crippen LogP contribution in [0.5, 0.6) is 5.75 Å². The number of thioether (sulfide) groups is 1. The first-order chi connectivity index (χ1) is 9.85. The average Bonchev–Trinajstić information content (AvgIpc) is 2.74. The van der Waals surface area contributed by atoms with Crippen LogP contribution in [0.2, 0.25) is 0 Å². The fourth-order valence-electron chi connectivity index (χ4n) is 1.50. The summed E-state index contributed by atoms with van der Waals surface area (Å²) in [5.74, 6) is 0.614. The number of nitrogens with one attached hydrogen (secondary N) is 1. The van der Waals surface area contributed by atoms with Crippen molar-refractivity contribution in [2.24, 2.45) is 7.05 Å². The lowest BCUT2D eigenvalue weighted by atomic mass is 10.2. The lowest BCUT2D eigenvalue weighted by Crippen LogP contribution is -2.19. The van der Waals surface area contributed by atoms with Gasteiger partial charge in [-0.3, -0.25) is 4.57 Å². The van der Waals surface area contributed by atoms with E-state index in [-0.39, 0.29) is 11.4 Å². The number of nitrogens with zero attached hydrogens (tertiary/aromatic N) is 2. The van der Waals surface area contributed by atoms with Gasteiger partial charge in [0.25, 0.3) is 0 Å². The number of halogens is 3. The summed E-state index contributed by atoms with van der Waals surface area (Å²) in [5, 5.41) is 6.64. The van der Waals surface area contributed by atoms with Crippen LogP contribution < -0.4 is 10.4 Å². The molecule has 0 saturated carbocycles. The number of H-pyrrole nitrogens is 1. The number of rotatable bonds is 5. The van der Waals surface area contributed by atoms with Gasteiger partial charge >= 0.3 is 11.9 Å². The van der Waals surface area contributed by atoms with Crippen LogP contribution in [0.4, 0.5) is 13.2 Å². The monoisotopic (exact) mass is 319 g/mol. The van der Waals surface area contributed by atoms with E-state index in [1.807, 2.05) is 0 Å². The molecule has 1 heterocycles. The summed E-state index contributed by atoms with van der Waals surface area (Å²) in [5.41, 5.74) is 0.454. The second-order valence-corrected chi connectivity index (χ2v) is 5.15. The number of hydrogen-bond acceptors (Lipinski definition) is 4. The van der Waals surface area contributed by atoms with Crippen molar-refractivity contribution in [1.29, 1.82) is 0 Å². The molecular weight excluding hydrogens is 307 g/mol. The third kappa shape index (κ3) is 4.55. The van der Waals surface area contributed by atoms with Crippen molar-refractivity contribution in [2.45, 2.75) is 17.1 Å². The fourth-order valence-corrected chi connectivity index (χ4v) is 2.36. The summed E-state index contributed by atoms with van der Waals surface area (Å²) in [4.78, 5) is 11.2. The van der Waals surface area contributed by atoms with Gasteiger partial charge in [-0.1, -0.05) is 23.9 Å². The predicted octanol–water partition coefficient (Wildman–Crippen LogP) is 2.34. The number of alkyl halides is 3. The summed E-state index contributed by atoms with van der Waals surface area (Å²) in [6, 6.07) is 6.37. The fraction of sp³-hybridized carbons (Fsp3) is 0.333. The highest BCUT2D eigenvalue weighted by atomic mass is 32.2. The number of aromatic amines is 1. The maximum Gasteiger partial charge on any atom is 0.422 e. The Kier molecular flexibility index (Phi) is 4.61. The van der Waals surface area contributed by atoms with E-state index in [9.17, 15) is 18.0 Å². The SMILES string of the molecule is Cn1c(SCc2cccc(OCC(F)(F)F)c2)n[nH]c1=O. The Morgan fingerprint density at radius 1 is 1.43 bits per heavy atom. The average molecular weight is 319 g/mol. The van der Waals surface area contributed by atoms with Crippen LogP contribution in [-0.4, -0.2) is 27.5 Å². The molecule has 0 aliphatic heterocycles. The van der Waals surface area contributed by atoms with E-state index in [2.05, 4.69) is 14.9 Å². The Morgan fingerprint density at radius 3 is 2.81 bits per heavy atom. The quantitative estimate of drug-likeness (QED) is 0.860. The molecule has 0 amide bonds. The Hall–Kier alpha value is -1.90. The van der Waals surface area contributed by atoms with Crippen LogP contribution >= 0.6 is 11.8 Å². The molecular formula is C12H12F3N3O2S. The van der Waals surface area contributed by atoms with Crippen molar-refractivity contribution in [1.82, 2.24) is 14.8 Å². The highest BCUT2D eigenvalue weighted by Gasteiger charge is 2.28. The van der Waals surface area contributed by atoms with Gasteiger partial charge in [0.15, 0.2) is 11.8 Å². The van der Waals surface area contributed by atoms with Gasteiger partial charge in [0.1, 0.15) is 5.75 Å². The minimum atomic E-state index is -4.36. The standard InChI is InChI=1S/C12H12F3N3O2S/c1-18-10(19)16-17-11(18)21-6-8-3-2-4-9(5-8)20-7-12(13,14)15/h2-5H,6-7H2,1H3,(H,16,19). The minimum Gasteiger partial charge on any atom is -0.484 e. The molecule has 2 aromatic rings. The van der Waals surface area contributed by atoms with E-state index in [1.165, 1.54) is 28.5 Å². The second kappa shape index (κ2) is 6.25. The molecule has 5 nitrogen and oxygen atoms in total. The molecule has 0 saturated heterocycles. The van der Waals surface area contributed by atoms with Gasteiger partial charge in [-0.15, -0.1) is 5.10 Å². The Labute approximate surface area is 122 Å². The number of ether oxygens (including phenoxy) is 1. The van der Waals surface area contributed by atoms with Gasteiger partial charge in [-0.2, -0.15) is 13.2 Å². The van der Waals surface area contributed by atoms with Crippen molar-refractivity contribution in [2.75, 3.05) is 6.61 Å². The topological polar surface area (TPSA) is 59.9 Å². The summed E-state index contributed by atoms with van der Waals surface area (Å²) in [6.45, 7) is -1.32. The van der Waals surface area contributed by atoms with Crippen LogP contribution in [0.15, 0.2) is 34.2 Å². The van der Waals surface area contributed by atoms with Crippen molar-refractivity contribution >= 4 is 11.8 Å². The normalized spacial score (nSPS) is 11.6. The van der Waals surface area contributed by atoms with Crippen molar-refractivity contribution in [3.05, 3.63) is 40.3 Å². The first-order valence-corrected chi connectivity index (χ1v) is 6.86. The van der Waals surface area contributed by atoms with Crippen LogP contribution in [0.1, 0.15) is 5.56 Å². The smallest absolute Gasteiger partial charge is 0.422 e. The van der Waals surface area contributed by atoms with Gasteiger partial charge in [0.05, 0.1) is 0 Å². The predicted molar refractivity (Wildman–Crippen MR) is 71.4 cm³/mol. The summed E-state index contributed by atoms with van der Waals surface area (Å²) >= 11 is 1.30. The summed E-state index contributed by atoms with van der Waals surface area (Å²) < 4.78 is 42.3. The zero-order chi connectivity index (χ0) is 15.5. The van der Waals surface area contributed by atoms with E-state index in [0.717, 1.165) is 5.56 Å². The molecule has 0 aliphatic carbocycles. The van der Waals surface area contributed by atoms with Crippen LogP contribution in [0, 0.1) is 0 Å². The first-order valence-electron chi connectivity index (χ1n) is 5.88. The van der Waals surface area contributed by atoms with E-state index in [1.54, 1.807) is 19.2 Å². The zero-order valence-corrected chi connectivity index (χ0v) is 11.8. The van der Waals surface area contributed by atoms with E-state index in [4.69, 9.17) is 0 Å². The number of hydrogen-bond donors (Lipinski definition) is 1. The molecule has 114 valence electrons. The molecule has 0 unspecified atom stereocenters. The summed E-state index contributed by atoms with van der Waals surface area (Å²) in [7, 11) is 1.58. The van der Waals surface area contributed by atoms with Gasteiger partial charge in [0, 0.05) is 12.8 Å². The molecule has 2 rings (SSSR count).